The highest BCUT2D eigenvalue weighted by molar-refractivity contribution is 6.15. The molecule has 2 saturated carbocycles. The second-order valence-electron chi connectivity index (χ2n) is 9.23. The van der Waals surface area contributed by atoms with Gasteiger partial charge in [-0.15, -0.1) is 0 Å². The number of aliphatic hydroxyl groups is 1. The maximum atomic E-state index is 12.5. The molecule has 0 aromatic heterocycles. The lowest BCUT2D eigenvalue weighted by Gasteiger charge is -2.43. The van der Waals surface area contributed by atoms with Crippen LogP contribution in [0.1, 0.15) is 65.2 Å². The molecule has 0 aromatic carbocycles. The highest BCUT2D eigenvalue weighted by Gasteiger charge is 2.51. The molecule has 4 rings (SSSR count). The summed E-state index contributed by atoms with van der Waals surface area (Å²) in [5, 5.41) is 10.3. The van der Waals surface area contributed by atoms with E-state index in [9.17, 15) is 19.5 Å². The van der Waals surface area contributed by atoms with E-state index in [1.165, 1.54) is 30.4 Å². The van der Waals surface area contributed by atoms with Gasteiger partial charge in [0.25, 0.3) is 17.5 Å². The first-order valence-electron chi connectivity index (χ1n) is 11.6. The summed E-state index contributed by atoms with van der Waals surface area (Å²) in [6, 6.07) is 0. The SMILES string of the molecule is CC1CCCCC12OC(=O)C(=C/C=C/C=C/C1=C(O)OC3(CCCCC3C)OC1=O)C(=O)O2. The first kappa shape index (κ1) is 23.1. The maximum absolute atomic E-state index is 12.5. The van der Waals surface area contributed by atoms with Gasteiger partial charge < -0.3 is 24.1 Å². The highest BCUT2D eigenvalue weighted by Crippen LogP contribution is 2.43. The Morgan fingerprint density at radius 2 is 1.30 bits per heavy atom. The minimum atomic E-state index is -1.16. The Morgan fingerprint density at radius 3 is 1.85 bits per heavy atom. The van der Waals surface area contributed by atoms with Crippen molar-refractivity contribution in [2.45, 2.75) is 76.8 Å². The van der Waals surface area contributed by atoms with Crippen molar-refractivity contribution in [1.29, 1.82) is 0 Å². The molecule has 0 amide bonds. The predicted octanol–water partition coefficient (Wildman–Crippen LogP) is 4.28. The lowest BCUT2D eigenvalue weighted by Crippen LogP contribution is -2.52. The first-order valence-corrected chi connectivity index (χ1v) is 11.6. The summed E-state index contributed by atoms with van der Waals surface area (Å²) in [6.07, 6.45) is 13.6. The number of hydrogen-bond donors (Lipinski definition) is 1. The van der Waals surface area contributed by atoms with Gasteiger partial charge in [-0.25, -0.2) is 14.4 Å². The summed E-state index contributed by atoms with van der Waals surface area (Å²) in [4.78, 5) is 37.3. The molecular weight excluding hydrogens is 428 g/mol. The van der Waals surface area contributed by atoms with E-state index in [0.717, 1.165) is 38.5 Å². The standard InChI is InChI=1S/C25H30O8/c1-16-10-6-8-14-24(16)30-20(26)18(21(27)31-24)12-4-3-5-13-19-22(28)32-25(33-23(19)29)15-9-7-11-17(25)2/h3-5,12-13,16-17,26H,6-11,14-15H2,1-2H3/b5-3+,12-4+,19-13?. The molecule has 2 heterocycles. The molecule has 2 spiro atoms. The van der Waals surface area contributed by atoms with Crippen molar-refractivity contribution < 1.29 is 38.4 Å². The predicted molar refractivity (Wildman–Crippen MR) is 116 cm³/mol. The number of carbonyl (C=O) groups is 3. The molecule has 3 fully saturated rings. The van der Waals surface area contributed by atoms with E-state index in [0.29, 0.717) is 12.8 Å². The van der Waals surface area contributed by atoms with Crippen molar-refractivity contribution in [1.82, 2.24) is 0 Å². The fraction of sp³-hybridized carbons (Fsp3) is 0.560. The molecular formula is C25H30O8. The third-order valence-corrected chi connectivity index (χ3v) is 7.03. The molecule has 4 aliphatic rings. The third kappa shape index (κ3) is 4.43. The van der Waals surface area contributed by atoms with Crippen LogP contribution in [0.3, 0.4) is 0 Å². The van der Waals surface area contributed by atoms with Gasteiger partial charge in [-0.3, -0.25) is 0 Å². The van der Waals surface area contributed by atoms with Crippen LogP contribution in [0.4, 0.5) is 0 Å². The van der Waals surface area contributed by atoms with Gasteiger partial charge >= 0.3 is 17.9 Å². The molecule has 2 aliphatic heterocycles. The largest absolute Gasteiger partial charge is 0.480 e. The summed E-state index contributed by atoms with van der Waals surface area (Å²) in [5.74, 6) is -4.85. The molecule has 0 bridgehead atoms. The molecule has 178 valence electrons. The molecule has 8 heteroatoms. The molecule has 1 N–H and O–H groups in total. The monoisotopic (exact) mass is 458 g/mol. The van der Waals surface area contributed by atoms with E-state index in [-0.39, 0.29) is 23.0 Å². The van der Waals surface area contributed by atoms with Gasteiger partial charge in [0.05, 0.1) is 0 Å². The normalized spacial score (nSPS) is 35.1. The van der Waals surface area contributed by atoms with E-state index >= 15 is 0 Å². The van der Waals surface area contributed by atoms with Crippen LogP contribution in [0.5, 0.6) is 0 Å². The lowest BCUT2D eigenvalue weighted by molar-refractivity contribution is -0.269. The zero-order valence-corrected chi connectivity index (χ0v) is 19.0. The molecule has 2 aliphatic carbocycles. The summed E-state index contributed by atoms with van der Waals surface area (Å²) in [6.45, 7) is 3.86. The fourth-order valence-corrected chi connectivity index (χ4v) is 4.89. The van der Waals surface area contributed by atoms with Gasteiger partial charge in [0, 0.05) is 24.7 Å². The van der Waals surface area contributed by atoms with Gasteiger partial charge in [-0.2, -0.15) is 0 Å². The molecule has 33 heavy (non-hydrogen) atoms. The summed E-state index contributed by atoms with van der Waals surface area (Å²) in [7, 11) is 0. The average Bonchev–Trinajstić information content (AvgIpc) is 2.76. The Morgan fingerprint density at radius 1 is 0.758 bits per heavy atom. The van der Waals surface area contributed by atoms with Crippen LogP contribution in [0.25, 0.3) is 0 Å². The summed E-state index contributed by atoms with van der Waals surface area (Å²) >= 11 is 0. The van der Waals surface area contributed by atoms with Gasteiger partial charge in [-0.05, 0) is 37.8 Å². The summed E-state index contributed by atoms with van der Waals surface area (Å²) < 4.78 is 22.3. The Hall–Kier alpha value is -3.03. The quantitative estimate of drug-likeness (QED) is 0.289. The number of hydrogen-bond acceptors (Lipinski definition) is 8. The number of esters is 3. The minimum absolute atomic E-state index is 0.0138. The second-order valence-corrected chi connectivity index (χ2v) is 9.23. The van der Waals surface area contributed by atoms with Crippen LogP contribution in [0.2, 0.25) is 0 Å². The summed E-state index contributed by atoms with van der Waals surface area (Å²) in [5.41, 5.74) is -0.292. The first-order chi connectivity index (χ1) is 15.8. The van der Waals surface area contributed by atoms with Crippen LogP contribution in [-0.4, -0.2) is 34.6 Å². The van der Waals surface area contributed by atoms with E-state index < -0.39 is 35.4 Å². The maximum Gasteiger partial charge on any atom is 0.348 e. The number of allylic oxidation sites excluding steroid dienone is 4. The van der Waals surface area contributed by atoms with Gasteiger partial charge in [0.1, 0.15) is 11.1 Å². The Balaban J connectivity index is 1.41. The van der Waals surface area contributed by atoms with Crippen LogP contribution in [-0.2, 0) is 33.3 Å². The van der Waals surface area contributed by atoms with Crippen molar-refractivity contribution in [2.24, 2.45) is 11.8 Å². The number of rotatable bonds is 3. The second kappa shape index (κ2) is 9.08. The van der Waals surface area contributed by atoms with E-state index in [1.807, 2.05) is 13.8 Å². The topological polar surface area (TPSA) is 108 Å². The van der Waals surface area contributed by atoms with Crippen molar-refractivity contribution in [3.05, 3.63) is 47.5 Å². The highest BCUT2D eigenvalue weighted by atomic mass is 16.8. The van der Waals surface area contributed by atoms with Crippen molar-refractivity contribution in [3.63, 3.8) is 0 Å². The molecule has 8 nitrogen and oxygen atoms in total. The molecule has 1 saturated heterocycles. The number of carbonyl (C=O) groups excluding carboxylic acids is 3. The Kier molecular flexibility index (Phi) is 6.36. The van der Waals surface area contributed by atoms with Gasteiger partial charge in [-0.1, -0.05) is 44.9 Å². The molecule has 3 unspecified atom stereocenters. The van der Waals surface area contributed by atoms with Gasteiger partial charge in [0.2, 0.25) is 0 Å². The number of ether oxygens (including phenoxy) is 4. The van der Waals surface area contributed by atoms with Crippen LogP contribution < -0.4 is 0 Å². The third-order valence-electron chi connectivity index (χ3n) is 7.03. The zero-order chi connectivity index (χ0) is 23.6. The smallest absolute Gasteiger partial charge is 0.348 e. The Bertz CT molecular complexity index is 935. The fourth-order valence-electron chi connectivity index (χ4n) is 4.89. The zero-order valence-electron chi connectivity index (χ0n) is 19.0. The number of aliphatic hydroxyl groups excluding tert-OH is 1. The van der Waals surface area contributed by atoms with E-state index in [4.69, 9.17) is 18.9 Å². The Labute approximate surface area is 192 Å². The van der Waals surface area contributed by atoms with Crippen LogP contribution in [0.15, 0.2) is 47.5 Å². The molecule has 3 atom stereocenters. The van der Waals surface area contributed by atoms with Crippen molar-refractivity contribution in [3.8, 4) is 0 Å². The van der Waals surface area contributed by atoms with Crippen molar-refractivity contribution in [2.75, 3.05) is 0 Å². The van der Waals surface area contributed by atoms with Crippen molar-refractivity contribution >= 4 is 17.9 Å². The van der Waals surface area contributed by atoms with Crippen LogP contribution in [0, 0.1) is 11.8 Å². The lowest BCUT2D eigenvalue weighted by atomic mass is 9.84. The van der Waals surface area contributed by atoms with E-state index in [1.54, 1.807) is 0 Å². The van der Waals surface area contributed by atoms with Gasteiger partial charge in [0.15, 0.2) is 0 Å². The molecule has 0 radical (unpaired) electrons. The van der Waals surface area contributed by atoms with Crippen LogP contribution >= 0.6 is 0 Å². The minimum Gasteiger partial charge on any atom is -0.480 e. The molecule has 0 aromatic rings. The van der Waals surface area contributed by atoms with E-state index in [2.05, 4.69) is 0 Å². The average molecular weight is 459 g/mol.